The second-order valence-corrected chi connectivity index (χ2v) is 4.72. The molecule has 0 aromatic carbocycles. The highest BCUT2D eigenvalue weighted by atomic mass is 16.4. The Kier molecular flexibility index (Phi) is 4.95. The van der Waals surface area contributed by atoms with Crippen LogP contribution in [0.4, 0.5) is 4.79 Å². The van der Waals surface area contributed by atoms with Gasteiger partial charge in [0, 0.05) is 25.6 Å². The molecule has 3 unspecified atom stereocenters. The van der Waals surface area contributed by atoms with Crippen LogP contribution in [0.25, 0.3) is 0 Å². The van der Waals surface area contributed by atoms with Crippen molar-refractivity contribution in [2.75, 3.05) is 13.1 Å². The number of nitrogens with zero attached hydrogens (tertiary/aromatic N) is 2. The Labute approximate surface area is 107 Å². The molecule has 0 bridgehead atoms. The molecule has 6 heteroatoms. The molecule has 1 aliphatic heterocycles. The Morgan fingerprint density at radius 1 is 1.44 bits per heavy atom. The van der Waals surface area contributed by atoms with Gasteiger partial charge in [-0.2, -0.15) is 0 Å². The number of β-amino-alcohol motifs (C(OH)–C–C–N with tert-alkyl or cyclic N) is 1. The highest BCUT2D eigenvalue weighted by Crippen LogP contribution is 2.21. The van der Waals surface area contributed by atoms with Crippen LogP contribution >= 0.6 is 0 Å². The highest BCUT2D eigenvalue weighted by molar-refractivity contribution is 5.83. The van der Waals surface area contributed by atoms with Crippen LogP contribution in [0.5, 0.6) is 0 Å². The number of carbonyl (C=O) groups excluding carboxylic acids is 1. The zero-order chi connectivity index (χ0) is 13.9. The average molecular weight is 258 g/mol. The van der Waals surface area contributed by atoms with Crippen molar-refractivity contribution in [2.24, 2.45) is 0 Å². The summed E-state index contributed by atoms with van der Waals surface area (Å²) in [5, 5.41) is 18.6. The minimum absolute atomic E-state index is 0.0645. The van der Waals surface area contributed by atoms with Crippen molar-refractivity contribution in [3.8, 4) is 0 Å². The summed E-state index contributed by atoms with van der Waals surface area (Å²) in [6.07, 6.45) is 0.179. The van der Waals surface area contributed by atoms with Crippen LogP contribution in [0.2, 0.25) is 0 Å². The molecule has 2 amide bonds. The summed E-state index contributed by atoms with van der Waals surface area (Å²) in [6.45, 7) is 6.42. The van der Waals surface area contributed by atoms with Gasteiger partial charge >= 0.3 is 12.0 Å². The molecule has 6 nitrogen and oxygen atoms in total. The predicted octanol–water partition coefficient (Wildman–Crippen LogP) is 0.747. The van der Waals surface area contributed by atoms with Gasteiger partial charge < -0.3 is 20.0 Å². The van der Waals surface area contributed by atoms with Gasteiger partial charge in [0.2, 0.25) is 0 Å². The molecule has 1 fully saturated rings. The van der Waals surface area contributed by atoms with Crippen molar-refractivity contribution in [2.45, 2.75) is 51.8 Å². The Morgan fingerprint density at radius 2 is 2.06 bits per heavy atom. The summed E-state index contributed by atoms with van der Waals surface area (Å²) in [5.41, 5.74) is 0. The summed E-state index contributed by atoms with van der Waals surface area (Å²) in [7, 11) is 0. The second-order valence-electron chi connectivity index (χ2n) is 4.72. The van der Waals surface area contributed by atoms with Crippen LogP contribution in [0.15, 0.2) is 0 Å². The van der Waals surface area contributed by atoms with Gasteiger partial charge in [-0.15, -0.1) is 0 Å². The monoisotopic (exact) mass is 258 g/mol. The molecule has 0 aliphatic carbocycles. The lowest BCUT2D eigenvalue weighted by atomic mass is 10.2. The minimum Gasteiger partial charge on any atom is -0.480 e. The number of hydrogen-bond donors (Lipinski definition) is 2. The molecule has 0 saturated carbocycles. The molecule has 104 valence electrons. The van der Waals surface area contributed by atoms with Crippen LogP contribution in [0.1, 0.15) is 33.6 Å². The maximum Gasteiger partial charge on any atom is 0.326 e. The fourth-order valence-electron chi connectivity index (χ4n) is 2.28. The first-order valence-electron chi connectivity index (χ1n) is 6.40. The smallest absolute Gasteiger partial charge is 0.326 e. The standard InChI is InChI=1S/C12H22N2O4/c1-4-8(3)13(5-2)12(18)14-7-9(15)6-10(14)11(16)17/h8-10,15H,4-7H2,1-3H3,(H,16,17). The maximum absolute atomic E-state index is 12.3. The summed E-state index contributed by atoms with van der Waals surface area (Å²) in [5.74, 6) is -1.06. The third-order valence-electron chi connectivity index (χ3n) is 3.52. The number of aliphatic carboxylic acids is 1. The van der Waals surface area contributed by atoms with Gasteiger partial charge in [-0.25, -0.2) is 9.59 Å². The lowest BCUT2D eigenvalue weighted by molar-refractivity contribution is -0.141. The van der Waals surface area contributed by atoms with E-state index in [1.54, 1.807) is 4.90 Å². The molecule has 1 aliphatic rings. The lowest BCUT2D eigenvalue weighted by Crippen LogP contribution is -2.50. The quantitative estimate of drug-likeness (QED) is 0.779. The van der Waals surface area contributed by atoms with Gasteiger partial charge in [-0.05, 0) is 20.3 Å². The summed E-state index contributed by atoms with van der Waals surface area (Å²) in [6, 6.07) is -1.14. The van der Waals surface area contributed by atoms with Crippen LogP contribution in [0, 0.1) is 0 Å². The van der Waals surface area contributed by atoms with Crippen LogP contribution in [-0.2, 0) is 4.79 Å². The Bertz CT molecular complexity index is 321. The zero-order valence-electron chi connectivity index (χ0n) is 11.2. The Hall–Kier alpha value is -1.30. The van der Waals surface area contributed by atoms with Gasteiger partial charge in [-0.1, -0.05) is 6.92 Å². The zero-order valence-corrected chi connectivity index (χ0v) is 11.2. The van der Waals surface area contributed by atoms with Crippen molar-refractivity contribution < 1.29 is 19.8 Å². The second kappa shape index (κ2) is 6.04. The molecular formula is C12H22N2O4. The fourth-order valence-corrected chi connectivity index (χ4v) is 2.28. The third-order valence-corrected chi connectivity index (χ3v) is 3.52. The summed E-state index contributed by atoms with van der Waals surface area (Å²) >= 11 is 0. The first-order valence-corrected chi connectivity index (χ1v) is 6.40. The maximum atomic E-state index is 12.3. The molecule has 0 aromatic heterocycles. The highest BCUT2D eigenvalue weighted by Gasteiger charge is 2.40. The molecule has 0 radical (unpaired) electrons. The molecule has 1 rings (SSSR count). The summed E-state index contributed by atoms with van der Waals surface area (Å²) < 4.78 is 0. The van der Waals surface area contributed by atoms with E-state index < -0.39 is 18.1 Å². The summed E-state index contributed by atoms with van der Waals surface area (Å²) in [4.78, 5) is 26.3. The van der Waals surface area contributed by atoms with E-state index in [1.807, 2.05) is 20.8 Å². The number of amides is 2. The molecule has 2 N–H and O–H groups in total. The predicted molar refractivity (Wildman–Crippen MR) is 66.3 cm³/mol. The van der Waals surface area contributed by atoms with Crippen LogP contribution in [-0.4, -0.2) is 63.3 Å². The van der Waals surface area contributed by atoms with Crippen molar-refractivity contribution in [1.29, 1.82) is 0 Å². The Morgan fingerprint density at radius 3 is 2.50 bits per heavy atom. The molecule has 1 saturated heterocycles. The van der Waals surface area contributed by atoms with Crippen LogP contribution in [0.3, 0.4) is 0 Å². The van der Waals surface area contributed by atoms with Gasteiger partial charge in [-0.3, -0.25) is 0 Å². The number of urea groups is 1. The third kappa shape index (κ3) is 2.93. The van der Waals surface area contributed by atoms with E-state index in [1.165, 1.54) is 4.90 Å². The van der Waals surface area contributed by atoms with Gasteiger partial charge in [0.15, 0.2) is 0 Å². The molecule has 0 spiro atoms. The van der Waals surface area contributed by atoms with E-state index in [-0.39, 0.29) is 25.0 Å². The van der Waals surface area contributed by atoms with Crippen molar-refractivity contribution in [3.63, 3.8) is 0 Å². The van der Waals surface area contributed by atoms with Crippen LogP contribution < -0.4 is 0 Å². The molecule has 0 aromatic rings. The number of hydrogen-bond acceptors (Lipinski definition) is 3. The topological polar surface area (TPSA) is 81.1 Å². The number of carboxylic acid groups (broad SMARTS) is 1. The first-order chi connectivity index (χ1) is 8.42. The number of aliphatic hydroxyl groups is 1. The first kappa shape index (κ1) is 14.8. The van der Waals surface area contributed by atoms with E-state index in [0.717, 1.165) is 6.42 Å². The normalized spacial score (nSPS) is 25.0. The number of carbonyl (C=O) groups is 2. The van der Waals surface area contributed by atoms with Crippen molar-refractivity contribution in [1.82, 2.24) is 9.80 Å². The number of aliphatic hydroxyl groups excluding tert-OH is 1. The SMILES string of the molecule is CCC(C)N(CC)C(=O)N1CC(O)CC1C(=O)O. The van der Waals surface area contributed by atoms with Gasteiger partial charge in [0.1, 0.15) is 6.04 Å². The van der Waals surface area contributed by atoms with Crippen molar-refractivity contribution in [3.05, 3.63) is 0 Å². The minimum atomic E-state index is -1.06. The van der Waals surface area contributed by atoms with Gasteiger partial charge in [0.05, 0.1) is 6.10 Å². The molecular weight excluding hydrogens is 236 g/mol. The number of rotatable bonds is 4. The average Bonchev–Trinajstić information content (AvgIpc) is 2.72. The lowest BCUT2D eigenvalue weighted by Gasteiger charge is -2.33. The molecule has 3 atom stereocenters. The molecule has 1 heterocycles. The molecule has 18 heavy (non-hydrogen) atoms. The fraction of sp³-hybridized carbons (Fsp3) is 0.833. The van der Waals surface area contributed by atoms with E-state index in [2.05, 4.69) is 0 Å². The van der Waals surface area contributed by atoms with E-state index in [0.29, 0.717) is 6.54 Å². The van der Waals surface area contributed by atoms with Gasteiger partial charge in [0.25, 0.3) is 0 Å². The van der Waals surface area contributed by atoms with Crippen molar-refractivity contribution >= 4 is 12.0 Å². The Balaban J connectivity index is 2.83. The van der Waals surface area contributed by atoms with E-state index in [9.17, 15) is 14.7 Å². The van der Waals surface area contributed by atoms with E-state index >= 15 is 0 Å². The number of carboxylic acids is 1. The van der Waals surface area contributed by atoms with E-state index in [4.69, 9.17) is 5.11 Å². The number of likely N-dealkylation sites (tertiary alicyclic amines) is 1. The largest absolute Gasteiger partial charge is 0.480 e.